The molecular formula is C14H17NO3S2. The number of para-hydroxylation sites is 1. The molecule has 6 heteroatoms. The van der Waals surface area contributed by atoms with Crippen molar-refractivity contribution in [1.29, 1.82) is 0 Å². The summed E-state index contributed by atoms with van der Waals surface area (Å²) in [5, 5.41) is 9.17. The Balaban J connectivity index is 2.48. The minimum absolute atomic E-state index is 0.0440. The van der Waals surface area contributed by atoms with E-state index < -0.39 is 10.0 Å². The first-order valence-electron chi connectivity index (χ1n) is 6.22. The molecule has 0 saturated heterocycles. The fourth-order valence-corrected chi connectivity index (χ4v) is 4.94. The molecule has 0 amide bonds. The Morgan fingerprint density at radius 2 is 1.85 bits per heavy atom. The molecule has 0 spiro atoms. The first kappa shape index (κ1) is 15.0. The summed E-state index contributed by atoms with van der Waals surface area (Å²) in [5.41, 5.74) is 1.52. The number of thiophene rings is 1. The molecule has 0 aliphatic carbocycles. The molecule has 4 nitrogen and oxygen atoms in total. The van der Waals surface area contributed by atoms with Crippen LogP contribution < -0.4 is 4.31 Å². The SMILES string of the molecule is Cc1cc(S(=O)(=O)N(CCO)c2ccccc2)sc1C. The molecule has 1 N–H and O–H groups in total. The fraction of sp³-hybridized carbons (Fsp3) is 0.286. The highest BCUT2D eigenvalue weighted by molar-refractivity contribution is 7.94. The van der Waals surface area contributed by atoms with Crippen LogP contribution in [-0.4, -0.2) is 26.7 Å². The molecule has 0 atom stereocenters. The molecule has 0 aliphatic heterocycles. The number of aliphatic hydroxyl groups excluding tert-OH is 1. The number of anilines is 1. The molecule has 0 aliphatic rings. The van der Waals surface area contributed by atoms with Gasteiger partial charge in [0.25, 0.3) is 10.0 Å². The minimum Gasteiger partial charge on any atom is -0.394 e. The van der Waals surface area contributed by atoms with E-state index in [1.54, 1.807) is 30.3 Å². The number of benzene rings is 1. The smallest absolute Gasteiger partial charge is 0.273 e. The zero-order chi connectivity index (χ0) is 14.8. The Hall–Kier alpha value is -1.37. The average Bonchev–Trinajstić information content (AvgIpc) is 2.77. The number of sulfonamides is 1. The van der Waals surface area contributed by atoms with Crippen molar-refractivity contribution in [2.75, 3.05) is 17.5 Å². The maximum absolute atomic E-state index is 12.7. The second kappa shape index (κ2) is 5.95. The lowest BCUT2D eigenvalue weighted by Gasteiger charge is -2.22. The van der Waals surface area contributed by atoms with E-state index in [2.05, 4.69) is 0 Å². The lowest BCUT2D eigenvalue weighted by Crippen LogP contribution is -2.33. The molecular weight excluding hydrogens is 294 g/mol. The van der Waals surface area contributed by atoms with Gasteiger partial charge in [-0.2, -0.15) is 0 Å². The van der Waals surface area contributed by atoms with Gasteiger partial charge in [-0.3, -0.25) is 4.31 Å². The Bertz CT molecular complexity index is 658. The van der Waals surface area contributed by atoms with Crippen LogP contribution in [0, 0.1) is 13.8 Å². The van der Waals surface area contributed by atoms with Gasteiger partial charge >= 0.3 is 0 Å². The van der Waals surface area contributed by atoms with Crippen LogP contribution in [0.25, 0.3) is 0 Å². The van der Waals surface area contributed by atoms with Crippen LogP contribution in [0.4, 0.5) is 5.69 Å². The summed E-state index contributed by atoms with van der Waals surface area (Å²) in [4.78, 5) is 0.987. The Labute approximate surface area is 123 Å². The molecule has 108 valence electrons. The molecule has 1 aromatic carbocycles. The van der Waals surface area contributed by atoms with Gasteiger partial charge < -0.3 is 5.11 Å². The van der Waals surface area contributed by atoms with Crippen molar-refractivity contribution in [1.82, 2.24) is 0 Å². The van der Waals surface area contributed by atoms with Crippen molar-refractivity contribution in [2.24, 2.45) is 0 Å². The second-order valence-corrected chi connectivity index (χ2v) is 7.79. The minimum atomic E-state index is -3.63. The highest BCUT2D eigenvalue weighted by Crippen LogP contribution is 2.30. The van der Waals surface area contributed by atoms with Crippen molar-refractivity contribution in [3.8, 4) is 0 Å². The topological polar surface area (TPSA) is 57.6 Å². The molecule has 0 fully saturated rings. The van der Waals surface area contributed by atoms with E-state index in [0.717, 1.165) is 10.4 Å². The first-order chi connectivity index (χ1) is 9.46. The largest absolute Gasteiger partial charge is 0.394 e. The zero-order valence-electron chi connectivity index (χ0n) is 11.4. The summed E-state index contributed by atoms with van der Waals surface area (Å²) in [7, 11) is -3.63. The van der Waals surface area contributed by atoms with Crippen LogP contribution >= 0.6 is 11.3 Å². The number of aryl methyl sites for hydroxylation is 2. The monoisotopic (exact) mass is 311 g/mol. The van der Waals surface area contributed by atoms with E-state index >= 15 is 0 Å². The second-order valence-electron chi connectivity index (χ2n) is 4.44. The van der Waals surface area contributed by atoms with Crippen molar-refractivity contribution in [3.05, 3.63) is 46.8 Å². The molecule has 20 heavy (non-hydrogen) atoms. The summed E-state index contributed by atoms with van der Waals surface area (Å²) in [5.74, 6) is 0. The van der Waals surface area contributed by atoms with E-state index in [1.807, 2.05) is 19.9 Å². The van der Waals surface area contributed by atoms with Crippen molar-refractivity contribution >= 4 is 27.0 Å². The van der Waals surface area contributed by atoms with Gasteiger partial charge in [0.15, 0.2) is 0 Å². The highest BCUT2D eigenvalue weighted by atomic mass is 32.2. The van der Waals surface area contributed by atoms with E-state index in [0.29, 0.717) is 9.90 Å². The van der Waals surface area contributed by atoms with Gasteiger partial charge in [0, 0.05) is 4.88 Å². The molecule has 1 aromatic heterocycles. The van der Waals surface area contributed by atoms with Crippen LogP contribution in [0.2, 0.25) is 0 Å². The van der Waals surface area contributed by atoms with Gasteiger partial charge in [0.2, 0.25) is 0 Å². The number of hydrogen-bond donors (Lipinski definition) is 1. The molecule has 0 saturated carbocycles. The molecule has 0 bridgehead atoms. The van der Waals surface area contributed by atoms with Gasteiger partial charge in [-0.1, -0.05) is 18.2 Å². The standard InChI is InChI=1S/C14H17NO3S2/c1-11-10-14(19-12(11)2)20(17,18)15(8-9-16)13-6-4-3-5-7-13/h3-7,10,16H,8-9H2,1-2H3. The van der Waals surface area contributed by atoms with Crippen molar-refractivity contribution < 1.29 is 13.5 Å². The summed E-state index contributed by atoms with van der Waals surface area (Å²) in [6.45, 7) is 3.61. The molecule has 0 radical (unpaired) electrons. The third-order valence-electron chi connectivity index (χ3n) is 3.04. The molecule has 2 aromatic rings. The van der Waals surface area contributed by atoms with E-state index in [-0.39, 0.29) is 13.2 Å². The van der Waals surface area contributed by atoms with Crippen LogP contribution in [0.3, 0.4) is 0 Å². The molecule has 2 rings (SSSR count). The summed E-state index contributed by atoms with van der Waals surface area (Å²) in [6.07, 6.45) is 0. The van der Waals surface area contributed by atoms with Gasteiger partial charge in [-0.25, -0.2) is 8.42 Å². The summed E-state index contributed by atoms with van der Waals surface area (Å²) in [6, 6.07) is 10.5. The lowest BCUT2D eigenvalue weighted by atomic mass is 10.3. The quantitative estimate of drug-likeness (QED) is 0.923. The maximum Gasteiger partial charge on any atom is 0.273 e. The van der Waals surface area contributed by atoms with E-state index in [9.17, 15) is 8.42 Å². The zero-order valence-corrected chi connectivity index (χ0v) is 13.0. The lowest BCUT2D eigenvalue weighted by molar-refractivity contribution is 0.306. The Morgan fingerprint density at radius 1 is 1.20 bits per heavy atom. The van der Waals surface area contributed by atoms with Gasteiger partial charge in [-0.15, -0.1) is 11.3 Å². The van der Waals surface area contributed by atoms with Gasteiger partial charge in [0.05, 0.1) is 18.8 Å². The number of nitrogens with zero attached hydrogens (tertiary/aromatic N) is 1. The first-order valence-corrected chi connectivity index (χ1v) is 8.48. The van der Waals surface area contributed by atoms with E-state index in [1.165, 1.54) is 15.6 Å². The Kier molecular flexibility index (Phi) is 4.47. The van der Waals surface area contributed by atoms with E-state index in [4.69, 9.17) is 5.11 Å². The van der Waals surface area contributed by atoms with Crippen molar-refractivity contribution in [3.63, 3.8) is 0 Å². The highest BCUT2D eigenvalue weighted by Gasteiger charge is 2.26. The van der Waals surface area contributed by atoms with Crippen LogP contribution in [0.1, 0.15) is 10.4 Å². The average molecular weight is 311 g/mol. The maximum atomic E-state index is 12.7. The summed E-state index contributed by atoms with van der Waals surface area (Å²) >= 11 is 1.26. The van der Waals surface area contributed by atoms with Gasteiger partial charge in [0.1, 0.15) is 4.21 Å². The predicted octanol–water partition coefficient (Wildman–Crippen LogP) is 2.55. The predicted molar refractivity (Wildman–Crippen MR) is 81.9 cm³/mol. The van der Waals surface area contributed by atoms with Gasteiger partial charge in [-0.05, 0) is 37.6 Å². The van der Waals surface area contributed by atoms with Crippen molar-refractivity contribution in [2.45, 2.75) is 18.1 Å². The number of aliphatic hydroxyl groups is 1. The molecule has 0 unspecified atom stereocenters. The summed E-state index contributed by atoms with van der Waals surface area (Å²) < 4.78 is 27.0. The van der Waals surface area contributed by atoms with Crippen LogP contribution in [-0.2, 0) is 10.0 Å². The fourth-order valence-electron chi connectivity index (χ4n) is 1.85. The normalized spacial score (nSPS) is 11.6. The van der Waals surface area contributed by atoms with Crippen LogP contribution in [0.5, 0.6) is 0 Å². The number of rotatable bonds is 5. The Morgan fingerprint density at radius 3 is 2.35 bits per heavy atom. The third kappa shape index (κ3) is 2.87. The third-order valence-corrected chi connectivity index (χ3v) is 6.46. The number of hydrogen-bond acceptors (Lipinski definition) is 4. The molecule has 1 heterocycles. The van der Waals surface area contributed by atoms with Crippen LogP contribution in [0.15, 0.2) is 40.6 Å².